The van der Waals surface area contributed by atoms with E-state index in [1.807, 2.05) is 6.92 Å². The maximum absolute atomic E-state index is 11.8. The lowest BCUT2D eigenvalue weighted by Gasteiger charge is -2.15. The smallest absolute Gasteiger partial charge is 0.254 e. The SMILES string of the molecule is CCOc1ccc(NC(=O)C(CN)OC)cc1OC. The van der Waals surface area contributed by atoms with Crippen molar-refractivity contribution < 1.29 is 19.0 Å². The van der Waals surface area contributed by atoms with Crippen molar-refractivity contribution in [3.63, 3.8) is 0 Å². The monoisotopic (exact) mass is 268 g/mol. The van der Waals surface area contributed by atoms with Gasteiger partial charge in [0, 0.05) is 25.4 Å². The van der Waals surface area contributed by atoms with Gasteiger partial charge in [-0.05, 0) is 19.1 Å². The molecule has 1 aromatic rings. The molecule has 0 fully saturated rings. The van der Waals surface area contributed by atoms with Crippen LogP contribution in [0.2, 0.25) is 0 Å². The van der Waals surface area contributed by atoms with Gasteiger partial charge in [0.05, 0.1) is 13.7 Å². The lowest BCUT2D eigenvalue weighted by Crippen LogP contribution is -2.35. The summed E-state index contributed by atoms with van der Waals surface area (Å²) in [6.45, 7) is 2.55. The van der Waals surface area contributed by atoms with Crippen LogP contribution >= 0.6 is 0 Å². The van der Waals surface area contributed by atoms with Crippen LogP contribution in [0.3, 0.4) is 0 Å². The molecule has 1 unspecified atom stereocenters. The van der Waals surface area contributed by atoms with E-state index < -0.39 is 6.10 Å². The van der Waals surface area contributed by atoms with Gasteiger partial charge < -0.3 is 25.3 Å². The second kappa shape index (κ2) is 7.60. The third-order valence-corrected chi connectivity index (χ3v) is 2.52. The molecule has 1 rings (SSSR count). The molecule has 106 valence electrons. The van der Waals surface area contributed by atoms with Gasteiger partial charge in [-0.25, -0.2) is 0 Å². The number of carbonyl (C=O) groups is 1. The lowest BCUT2D eigenvalue weighted by molar-refractivity contribution is -0.125. The van der Waals surface area contributed by atoms with Crippen molar-refractivity contribution in [3.8, 4) is 11.5 Å². The summed E-state index contributed by atoms with van der Waals surface area (Å²) in [4.78, 5) is 11.8. The summed E-state index contributed by atoms with van der Waals surface area (Å²) in [6, 6.07) is 5.16. The second-order valence-electron chi connectivity index (χ2n) is 3.75. The van der Waals surface area contributed by atoms with Crippen LogP contribution in [0.1, 0.15) is 6.92 Å². The Morgan fingerprint density at radius 1 is 1.37 bits per heavy atom. The second-order valence-corrected chi connectivity index (χ2v) is 3.75. The quantitative estimate of drug-likeness (QED) is 0.771. The van der Waals surface area contributed by atoms with Crippen molar-refractivity contribution in [1.29, 1.82) is 0 Å². The molecule has 0 aliphatic heterocycles. The molecule has 1 aromatic carbocycles. The Kier molecular flexibility index (Phi) is 6.11. The van der Waals surface area contributed by atoms with Crippen LogP contribution in [-0.4, -0.2) is 39.4 Å². The number of hydrogen-bond donors (Lipinski definition) is 2. The molecule has 0 heterocycles. The number of amides is 1. The summed E-state index contributed by atoms with van der Waals surface area (Å²) in [7, 11) is 2.98. The molecule has 19 heavy (non-hydrogen) atoms. The van der Waals surface area contributed by atoms with Gasteiger partial charge in [0.2, 0.25) is 0 Å². The average Bonchev–Trinajstić information content (AvgIpc) is 2.42. The van der Waals surface area contributed by atoms with E-state index in [1.54, 1.807) is 25.3 Å². The molecule has 0 aliphatic carbocycles. The number of methoxy groups -OCH3 is 2. The summed E-state index contributed by atoms with van der Waals surface area (Å²) in [5, 5.41) is 2.71. The summed E-state index contributed by atoms with van der Waals surface area (Å²) in [5.41, 5.74) is 6.03. The van der Waals surface area contributed by atoms with Crippen LogP contribution in [0.5, 0.6) is 11.5 Å². The Morgan fingerprint density at radius 2 is 2.11 bits per heavy atom. The fraction of sp³-hybridized carbons (Fsp3) is 0.462. The van der Waals surface area contributed by atoms with Crippen molar-refractivity contribution in [2.45, 2.75) is 13.0 Å². The molecule has 3 N–H and O–H groups in total. The van der Waals surface area contributed by atoms with Gasteiger partial charge in [0.15, 0.2) is 11.5 Å². The standard InChI is InChI=1S/C13H20N2O4/c1-4-19-10-6-5-9(7-11(10)17-2)15-13(16)12(8-14)18-3/h5-7,12H,4,8,14H2,1-3H3,(H,15,16). The molecule has 1 atom stereocenters. The van der Waals surface area contributed by atoms with Crippen LogP contribution in [0.4, 0.5) is 5.69 Å². The van der Waals surface area contributed by atoms with E-state index in [0.29, 0.717) is 23.8 Å². The van der Waals surface area contributed by atoms with Crippen molar-refractivity contribution in [1.82, 2.24) is 0 Å². The van der Waals surface area contributed by atoms with Gasteiger partial charge in [0.1, 0.15) is 6.10 Å². The van der Waals surface area contributed by atoms with E-state index in [-0.39, 0.29) is 12.5 Å². The molecular formula is C13H20N2O4. The predicted molar refractivity (Wildman–Crippen MR) is 72.6 cm³/mol. The molecule has 0 radical (unpaired) electrons. The lowest BCUT2D eigenvalue weighted by atomic mass is 10.2. The number of benzene rings is 1. The summed E-state index contributed by atoms with van der Waals surface area (Å²) < 4.78 is 15.6. The Hall–Kier alpha value is -1.79. The highest BCUT2D eigenvalue weighted by atomic mass is 16.5. The molecular weight excluding hydrogens is 248 g/mol. The highest BCUT2D eigenvalue weighted by Gasteiger charge is 2.16. The number of anilines is 1. The zero-order chi connectivity index (χ0) is 14.3. The van der Waals surface area contributed by atoms with E-state index >= 15 is 0 Å². The zero-order valence-electron chi connectivity index (χ0n) is 11.4. The average molecular weight is 268 g/mol. The first-order valence-electron chi connectivity index (χ1n) is 6.00. The minimum absolute atomic E-state index is 0.122. The molecule has 0 aliphatic rings. The van der Waals surface area contributed by atoms with Crippen molar-refractivity contribution in [2.75, 3.05) is 32.7 Å². The number of rotatable bonds is 7. The molecule has 1 amide bonds. The van der Waals surface area contributed by atoms with Crippen LogP contribution in [0, 0.1) is 0 Å². The molecule has 6 heteroatoms. The highest BCUT2D eigenvalue weighted by molar-refractivity contribution is 5.94. The normalized spacial score (nSPS) is 11.8. The minimum Gasteiger partial charge on any atom is -0.493 e. The third-order valence-electron chi connectivity index (χ3n) is 2.52. The van der Waals surface area contributed by atoms with Gasteiger partial charge in [-0.15, -0.1) is 0 Å². The van der Waals surface area contributed by atoms with Crippen molar-refractivity contribution in [2.24, 2.45) is 5.73 Å². The first kappa shape index (κ1) is 15.3. The van der Waals surface area contributed by atoms with Gasteiger partial charge >= 0.3 is 0 Å². The Bertz CT molecular complexity index is 419. The van der Waals surface area contributed by atoms with Gasteiger partial charge in [-0.2, -0.15) is 0 Å². The Labute approximate surface area is 112 Å². The maximum Gasteiger partial charge on any atom is 0.254 e. The third kappa shape index (κ3) is 4.11. The number of ether oxygens (including phenoxy) is 3. The van der Waals surface area contributed by atoms with Gasteiger partial charge in [0.25, 0.3) is 5.91 Å². The molecule has 0 saturated carbocycles. The van der Waals surface area contributed by atoms with E-state index in [0.717, 1.165) is 0 Å². The molecule has 0 aromatic heterocycles. The largest absolute Gasteiger partial charge is 0.493 e. The topological polar surface area (TPSA) is 82.8 Å². The molecule has 0 spiro atoms. The van der Waals surface area contributed by atoms with Crippen LogP contribution < -0.4 is 20.5 Å². The first-order valence-corrected chi connectivity index (χ1v) is 6.00. The fourth-order valence-corrected chi connectivity index (χ4v) is 1.55. The molecule has 0 bridgehead atoms. The fourth-order valence-electron chi connectivity index (χ4n) is 1.55. The predicted octanol–water partition coefficient (Wildman–Crippen LogP) is 1.01. The molecule has 6 nitrogen and oxygen atoms in total. The van der Waals surface area contributed by atoms with E-state index in [4.69, 9.17) is 19.9 Å². The summed E-state index contributed by atoms with van der Waals surface area (Å²) in [5.74, 6) is 0.891. The number of carbonyl (C=O) groups excluding carboxylic acids is 1. The number of hydrogen-bond acceptors (Lipinski definition) is 5. The summed E-state index contributed by atoms with van der Waals surface area (Å²) in [6.07, 6.45) is -0.669. The zero-order valence-corrected chi connectivity index (χ0v) is 11.4. The molecule has 0 saturated heterocycles. The minimum atomic E-state index is -0.669. The van der Waals surface area contributed by atoms with Crippen molar-refractivity contribution >= 4 is 11.6 Å². The van der Waals surface area contributed by atoms with Crippen LogP contribution in [0.15, 0.2) is 18.2 Å². The Morgan fingerprint density at radius 3 is 2.63 bits per heavy atom. The first-order chi connectivity index (χ1) is 9.15. The highest BCUT2D eigenvalue weighted by Crippen LogP contribution is 2.30. The number of nitrogens with two attached hydrogens (primary N) is 1. The van der Waals surface area contributed by atoms with Crippen molar-refractivity contribution in [3.05, 3.63) is 18.2 Å². The van der Waals surface area contributed by atoms with E-state index in [2.05, 4.69) is 5.32 Å². The van der Waals surface area contributed by atoms with E-state index in [1.165, 1.54) is 7.11 Å². The van der Waals surface area contributed by atoms with Gasteiger partial charge in [-0.3, -0.25) is 4.79 Å². The summed E-state index contributed by atoms with van der Waals surface area (Å²) >= 11 is 0. The van der Waals surface area contributed by atoms with Gasteiger partial charge in [-0.1, -0.05) is 0 Å². The van der Waals surface area contributed by atoms with Crippen LogP contribution in [0.25, 0.3) is 0 Å². The number of nitrogens with one attached hydrogen (secondary N) is 1. The Balaban J connectivity index is 2.82. The maximum atomic E-state index is 11.8. The van der Waals surface area contributed by atoms with Crippen LogP contribution in [-0.2, 0) is 9.53 Å². The van der Waals surface area contributed by atoms with E-state index in [9.17, 15) is 4.79 Å².